The number of urea groups is 1. The molecule has 6 heteroatoms. The van der Waals surface area contributed by atoms with Crippen LogP contribution in [-0.4, -0.2) is 55.6 Å². The van der Waals surface area contributed by atoms with Crippen LogP contribution < -0.4 is 15.5 Å². The van der Waals surface area contributed by atoms with Gasteiger partial charge in [-0.25, -0.2) is 4.79 Å². The maximum atomic E-state index is 12.5. The zero-order valence-corrected chi connectivity index (χ0v) is 15.5. The number of benzene rings is 1. The quantitative estimate of drug-likeness (QED) is 0.722. The molecule has 1 aliphatic rings. The van der Waals surface area contributed by atoms with Crippen LogP contribution in [0.2, 0.25) is 0 Å². The van der Waals surface area contributed by atoms with E-state index >= 15 is 0 Å². The van der Waals surface area contributed by atoms with Gasteiger partial charge in [-0.3, -0.25) is 9.69 Å². The smallest absolute Gasteiger partial charge is 0.321 e. The van der Waals surface area contributed by atoms with Crippen LogP contribution in [0.15, 0.2) is 24.3 Å². The van der Waals surface area contributed by atoms with E-state index in [9.17, 15) is 9.59 Å². The molecule has 0 aromatic heterocycles. The van der Waals surface area contributed by atoms with Crippen molar-refractivity contribution in [3.05, 3.63) is 29.8 Å². The molecule has 25 heavy (non-hydrogen) atoms. The van der Waals surface area contributed by atoms with Crippen LogP contribution in [0.5, 0.6) is 0 Å². The van der Waals surface area contributed by atoms with Crippen molar-refractivity contribution < 1.29 is 9.59 Å². The first-order valence-electron chi connectivity index (χ1n) is 9.23. The van der Waals surface area contributed by atoms with Crippen LogP contribution in [-0.2, 0) is 0 Å². The van der Waals surface area contributed by atoms with E-state index in [1.165, 1.54) is 0 Å². The Bertz CT molecular complexity index is 587. The fraction of sp³-hybridized carbons (Fsp3) is 0.579. The van der Waals surface area contributed by atoms with Crippen LogP contribution in [0.3, 0.4) is 0 Å². The standard InChI is InChI=1S/C19H30N4O2/c1-4-22(5-2)12-7-8-15(3)21-18(24)16-9-6-10-17(14-16)23-13-11-20-19(23)25/h6,9-10,14-15H,4-5,7-8,11-13H2,1-3H3,(H,20,25)(H,21,24)/t15-/m1/s1. The zero-order valence-electron chi connectivity index (χ0n) is 15.5. The van der Waals surface area contributed by atoms with Crippen molar-refractivity contribution in [3.63, 3.8) is 0 Å². The van der Waals surface area contributed by atoms with Gasteiger partial charge in [-0.05, 0) is 57.6 Å². The molecule has 6 nitrogen and oxygen atoms in total. The number of hydrogen-bond acceptors (Lipinski definition) is 3. The molecule has 0 bridgehead atoms. The fourth-order valence-electron chi connectivity index (χ4n) is 3.07. The number of carbonyl (C=O) groups excluding carboxylic acids is 2. The Morgan fingerprint density at radius 1 is 1.36 bits per heavy atom. The first-order chi connectivity index (χ1) is 12.0. The highest BCUT2D eigenvalue weighted by Crippen LogP contribution is 2.18. The molecule has 1 atom stereocenters. The summed E-state index contributed by atoms with van der Waals surface area (Å²) in [6.45, 7) is 10.8. The highest BCUT2D eigenvalue weighted by Gasteiger charge is 2.22. The van der Waals surface area contributed by atoms with Gasteiger partial charge in [0, 0.05) is 30.4 Å². The summed E-state index contributed by atoms with van der Waals surface area (Å²) in [4.78, 5) is 28.3. The van der Waals surface area contributed by atoms with Gasteiger partial charge in [0.05, 0.1) is 0 Å². The molecule has 0 radical (unpaired) electrons. The van der Waals surface area contributed by atoms with E-state index in [1.807, 2.05) is 19.1 Å². The Morgan fingerprint density at radius 2 is 2.12 bits per heavy atom. The summed E-state index contributed by atoms with van der Waals surface area (Å²) in [6.07, 6.45) is 2.02. The van der Waals surface area contributed by atoms with Gasteiger partial charge in [-0.2, -0.15) is 0 Å². The Morgan fingerprint density at radius 3 is 2.76 bits per heavy atom. The molecule has 138 valence electrons. The van der Waals surface area contributed by atoms with E-state index in [0.717, 1.165) is 38.2 Å². The molecule has 1 aromatic rings. The molecule has 0 spiro atoms. The van der Waals surface area contributed by atoms with Crippen LogP contribution in [0.4, 0.5) is 10.5 Å². The van der Waals surface area contributed by atoms with Gasteiger partial charge in [-0.1, -0.05) is 19.9 Å². The van der Waals surface area contributed by atoms with Gasteiger partial charge in [-0.15, -0.1) is 0 Å². The summed E-state index contributed by atoms with van der Waals surface area (Å²) in [5.41, 5.74) is 1.35. The molecule has 3 amide bonds. The molecule has 1 aromatic carbocycles. The lowest BCUT2D eigenvalue weighted by molar-refractivity contribution is 0.0937. The summed E-state index contributed by atoms with van der Waals surface area (Å²) in [7, 11) is 0. The molecular formula is C19H30N4O2. The average molecular weight is 346 g/mol. The lowest BCUT2D eigenvalue weighted by Crippen LogP contribution is -2.34. The molecule has 2 N–H and O–H groups in total. The van der Waals surface area contributed by atoms with Crippen LogP contribution in [0.1, 0.15) is 44.0 Å². The lowest BCUT2D eigenvalue weighted by atomic mass is 10.1. The van der Waals surface area contributed by atoms with Crippen LogP contribution >= 0.6 is 0 Å². The number of anilines is 1. The Kier molecular flexibility index (Phi) is 7.25. The number of rotatable bonds is 9. The second-order valence-corrected chi connectivity index (χ2v) is 6.48. The maximum Gasteiger partial charge on any atom is 0.321 e. The molecule has 1 heterocycles. The summed E-state index contributed by atoms with van der Waals surface area (Å²) in [5.74, 6) is -0.0863. The minimum Gasteiger partial charge on any atom is -0.350 e. The fourth-order valence-corrected chi connectivity index (χ4v) is 3.07. The number of nitrogens with one attached hydrogen (secondary N) is 2. The molecule has 2 rings (SSSR count). The van der Waals surface area contributed by atoms with Crippen molar-refractivity contribution in [2.75, 3.05) is 37.6 Å². The van der Waals surface area contributed by atoms with E-state index in [2.05, 4.69) is 29.4 Å². The highest BCUT2D eigenvalue weighted by molar-refractivity contribution is 5.98. The molecule has 1 aliphatic heterocycles. The van der Waals surface area contributed by atoms with Gasteiger partial charge >= 0.3 is 6.03 Å². The van der Waals surface area contributed by atoms with Crippen LogP contribution in [0, 0.1) is 0 Å². The molecular weight excluding hydrogens is 316 g/mol. The van der Waals surface area contributed by atoms with Crippen molar-refractivity contribution >= 4 is 17.6 Å². The Balaban J connectivity index is 1.87. The van der Waals surface area contributed by atoms with Gasteiger partial charge in [0.15, 0.2) is 0 Å². The second-order valence-electron chi connectivity index (χ2n) is 6.48. The zero-order chi connectivity index (χ0) is 18.2. The summed E-state index contributed by atoms with van der Waals surface area (Å²) in [5, 5.41) is 5.83. The molecule has 0 aliphatic carbocycles. The SMILES string of the molecule is CCN(CC)CCC[C@@H](C)NC(=O)c1cccc(N2CCNC2=O)c1. The van der Waals surface area contributed by atoms with Crippen LogP contribution in [0.25, 0.3) is 0 Å². The lowest BCUT2D eigenvalue weighted by Gasteiger charge is -2.20. The number of nitrogens with zero attached hydrogens (tertiary/aromatic N) is 2. The van der Waals surface area contributed by atoms with E-state index in [4.69, 9.17) is 0 Å². The van der Waals surface area contributed by atoms with Crippen molar-refractivity contribution in [3.8, 4) is 0 Å². The average Bonchev–Trinajstić information content (AvgIpc) is 3.05. The number of amides is 3. The number of hydrogen-bond donors (Lipinski definition) is 2. The van der Waals surface area contributed by atoms with Gasteiger partial charge in [0.25, 0.3) is 5.91 Å². The first kappa shape index (κ1) is 19.2. The maximum absolute atomic E-state index is 12.5. The normalized spacial score (nSPS) is 15.4. The Hall–Kier alpha value is -2.08. The van der Waals surface area contributed by atoms with E-state index in [1.54, 1.807) is 17.0 Å². The number of carbonyl (C=O) groups is 2. The second kappa shape index (κ2) is 9.42. The van der Waals surface area contributed by atoms with E-state index in [0.29, 0.717) is 18.7 Å². The van der Waals surface area contributed by atoms with E-state index in [-0.39, 0.29) is 18.0 Å². The van der Waals surface area contributed by atoms with Gasteiger partial charge in [0.2, 0.25) is 0 Å². The predicted octanol–water partition coefficient (Wildman–Crippen LogP) is 2.46. The van der Waals surface area contributed by atoms with Crippen molar-refractivity contribution in [1.29, 1.82) is 0 Å². The van der Waals surface area contributed by atoms with Crippen molar-refractivity contribution in [2.45, 2.75) is 39.7 Å². The molecule has 0 saturated carbocycles. The molecule has 1 fully saturated rings. The third-order valence-corrected chi connectivity index (χ3v) is 4.66. The predicted molar refractivity (Wildman–Crippen MR) is 101 cm³/mol. The summed E-state index contributed by atoms with van der Waals surface area (Å²) < 4.78 is 0. The highest BCUT2D eigenvalue weighted by atomic mass is 16.2. The topological polar surface area (TPSA) is 64.7 Å². The van der Waals surface area contributed by atoms with Crippen molar-refractivity contribution in [2.24, 2.45) is 0 Å². The molecule has 1 saturated heterocycles. The monoisotopic (exact) mass is 346 g/mol. The van der Waals surface area contributed by atoms with Crippen molar-refractivity contribution in [1.82, 2.24) is 15.5 Å². The summed E-state index contributed by atoms with van der Waals surface area (Å²) in [6, 6.07) is 7.26. The first-order valence-corrected chi connectivity index (χ1v) is 9.23. The largest absolute Gasteiger partial charge is 0.350 e. The Labute approximate surface area is 150 Å². The summed E-state index contributed by atoms with van der Waals surface area (Å²) >= 11 is 0. The third kappa shape index (κ3) is 5.46. The minimum absolute atomic E-state index is 0.0863. The third-order valence-electron chi connectivity index (χ3n) is 4.66. The van der Waals surface area contributed by atoms with E-state index < -0.39 is 0 Å². The van der Waals surface area contributed by atoms with Gasteiger partial charge < -0.3 is 15.5 Å². The molecule has 0 unspecified atom stereocenters. The minimum atomic E-state index is -0.109. The van der Waals surface area contributed by atoms with Gasteiger partial charge in [0.1, 0.15) is 0 Å².